The first kappa shape index (κ1) is 23.0. The van der Waals surface area contributed by atoms with Crippen molar-refractivity contribution in [2.75, 3.05) is 38.0 Å². The summed E-state index contributed by atoms with van der Waals surface area (Å²) in [6.45, 7) is 13.0. The average molecular weight is 491 g/mol. The van der Waals surface area contributed by atoms with E-state index in [1.54, 1.807) is 16.2 Å². The fraction of sp³-hybridized carbons (Fsp3) is 0.333. The van der Waals surface area contributed by atoms with E-state index in [2.05, 4.69) is 90.2 Å². The van der Waals surface area contributed by atoms with Crippen molar-refractivity contribution in [1.82, 2.24) is 14.5 Å². The lowest BCUT2D eigenvalue weighted by molar-refractivity contribution is -0.904. The molecule has 5 rings (SSSR count). The second-order valence-corrected chi connectivity index (χ2v) is 10.7. The first-order chi connectivity index (χ1) is 16.5. The summed E-state index contributed by atoms with van der Waals surface area (Å²) in [7, 11) is 0. The van der Waals surface area contributed by atoms with Gasteiger partial charge in [0, 0.05) is 22.6 Å². The Bertz CT molecular complexity index is 1280. The van der Waals surface area contributed by atoms with Crippen LogP contribution in [-0.4, -0.2) is 52.3 Å². The number of anilines is 1. The maximum absolute atomic E-state index is 5.73. The van der Waals surface area contributed by atoms with Gasteiger partial charge in [-0.3, -0.25) is 0 Å². The third-order valence-corrected chi connectivity index (χ3v) is 8.22. The van der Waals surface area contributed by atoms with E-state index in [-0.39, 0.29) is 0 Å². The number of piperazine rings is 1. The number of nitrogens with zero attached hydrogens (tertiary/aromatic N) is 3. The molecule has 7 heteroatoms. The Morgan fingerprint density at radius 1 is 1.00 bits per heavy atom. The molecule has 34 heavy (non-hydrogen) atoms. The first-order valence-corrected chi connectivity index (χ1v) is 13.2. The van der Waals surface area contributed by atoms with Crippen LogP contribution in [0.25, 0.3) is 20.8 Å². The van der Waals surface area contributed by atoms with E-state index < -0.39 is 0 Å². The smallest absolute Gasteiger partial charge is 0.173 e. The molecule has 0 spiro atoms. The summed E-state index contributed by atoms with van der Waals surface area (Å²) in [6.07, 6.45) is 0. The molecule has 1 saturated heterocycles. The average Bonchev–Trinajstić information content (AvgIpc) is 3.40. The van der Waals surface area contributed by atoms with Gasteiger partial charge in [-0.2, -0.15) is 0 Å². The number of rotatable bonds is 5. The number of quaternary nitrogens is 1. The Labute approximate surface area is 211 Å². The van der Waals surface area contributed by atoms with Gasteiger partial charge in [-0.1, -0.05) is 6.07 Å². The van der Waals surface area contributed by atoms with E-state index in [0.29, 0.717) is 0 Å². The molecule has 4 aromatic rings. The number of hydrogen-bond donors (Lipinski definition) is 2. The fourth-order valence-corrected chi connectivity index (χ4v) is 6.02. The molecule has 0 bridgehead atoms. The minimum Gasteiger partial charge on any atom is -0.344 e. The van der Waals surface area contributed by atoms with Crippen LogP contribution >= 0.6 is 23.6 Å². The van der Waals surface area contributed by atoms with Gasteiger partial charge in [0.05, 0.1) is 49.5 Å². The number of nitrogens with one attached hydrogen (secondary N) is 2. The predicted molar refractivity (Wildman–Crippen MR) is 147 cm³/mol. The molecule has 176 valence electrons. The van der Waals surface area contributed by atoms with Gasteiger partial charge in [-0.25, -0.2) is 4.98 Å². The number of thiocarbonyl (C=S) groups is 1. The van der Waals surface area contributed by atoms with Gasteiger partial charge in [0.1, 0.15) is 5.01 Å². The summed E-state index contributed by atoms with van der Waals surface area (Å²) in [5, 5.41) is 5.31. The minimum absolute atomic E-state index is 0.819. The summed E-state index contributed by atoms with van der Waals surface area (Å²) in [4.78, 5) is 8.75. The number of aromatic nitrogens is 2. The molecule has 0 saturated carbocycles. The molecule has 2 aromatic heterocycles. The topological polar surface area (TPSA) is 37.5 Å². The van der Waals surface area contributed by atoms with Crippen LogP contribution in [0, 0.1) is 20.8 Å². The van der Waals surface area contributed by atoms with Crippen molar-refractivity contribution in [2.45, 2.75) is 27.3 Å². The Kier molecular flexibility index (Phi) is 6.68. The van der Waals surface area contributed by atoms with E-state index in [9.17, 15) is 0 Å². The summed E-state index contributed by atoms with van der Waals surface area (Å²) in [5.74, 6) is 0. The van der Waals surface area contributed by atoms with E-state index >= 15 is 0 Å². The van der Waals surface area contributed by atoms with Crippen molar-refractivity contribution >= 4 is 44.6 Å². The van der Waals surface area contributed by atoms with E-state index in [1.807, 2.05) is 0 Å². The Morgan fingerprint density at radius 2 is 1.71 bits per heavy atom. The number of thiazole rings is 1. The quantitative estimate of drug-likeness (QED) is 0.410. The Balaban J connectivity index is 1.13. The lowest BCUT2D eigenvalue weighted by atomic mass is 10.2. The van der Waals surface area contributed by atoms with Gasteiger partial charge >= 0.3 is 0 Å². The van der Waals surface area contributed by atoms with Gasteiger partial charge in [0.25, 0.3) is 0 Å². The molecule has 1 aliphatic rings. The zero-order valence-corrected chi connectivity index (χ0v) is 21.7. The molecule has 0 atom stereocenters. The third-order valence-electron chi connectivity index (χ3n) is 6.79. The highest BCUT2D eigenvalue weighted by Crippen LogP contribution is 2.31. The lowest BCUT2D eigenvalue weighted by Crippen LogP contribution is -3.15. The van der Waals surface area contributed by atoms with E-state index in [4.69, 9.17) is 17.2 Å². The van der Waals surface area contributed by atoms with Gasteiger partial charge in [-0.15, -0.1) is 11.3 Å². The van der Waals surface area contributed by atoms with Gasteiger partial charge in [0.2, 0.25) is 0 Å². The maximum atomic E-state index is 5.73. The van der Waals surface area contributed by atoms with Crippen molar-refractivity contribution in [1.29, 1.82) is 0 Å². The summed E-state index contributed by atoms with van der Waals surface area (Å²) < 4.78 is 3.66. The van der Waals surface area contributed by atoms with E-state index in [1.165, 1.54) is 21.7 Å². The molecule has 1 aliphatic heterocycles. The largest absolute Gasteiger partial charge is 0.344 e. The van der Waals surface area contributed by atoms with Gasteiger partial charge in [-0.05, 0) is 87.1 Å². The summed E-state index contributed by atoms with van der Waals surface area (Å²) >= 11 is 7.47. The molecule has 3 heterocycles. The van der Waals surface area contributed by atoms with Crippen LogP contribution < -0.4 is 10.2 Å². The molecule has 0 amide bonds. The second kappa shape index (κ2) is 9.86. The minimum atomic E-state index is 0.819. The molecule has 1 fully saturated rings. The van der Waals surface area contributed by atoms with Gasteiger partial charge in [0.15, 0.2) is 5.11 Å². The fourth-order valence-electron chi connectivity index (χ4n) is 4.65. The second-order valence-electron chi connectivity index (χ2n) is 9.25. The van der Waals surface area contributed by atoms with Crippen LogP contribution in [0.2, 0.25) is 0 Å². The molecule has 0 radical (unpaired) electrons. The lowest BCUT2D eigenvalue weighted by Gasteiger charge is -2.34. The maximum Gasteiger partial charge on any atom is 0.173 e. The molecule has 5 nitrogen and oxygen atoms in total. The molecule has 2 aromatic carbocycles. The van der Waals surface area contributed by atoms with Crippen LogP contribution in [0.1, 0.15) is 17.0 Å². The van der Waals surface area contributed by atoms with Crippen molar-refractivity contribution in [3.63, 3.8) is 0 Å². The number of hydrogen-bond acceptors (Lipinski definition) is 3. The number of aryl methyl sites for hydroxylation is 3. The molecule has 2 N–H and O–H groups in total. The van der Waals surface area contributed by atoms with Crippen molar-refractivity contribution in [2.24, 2.45) is 0 Å². The number of benzene rings is 2. The SMILES string of the molecule is Cc1ccc2nc(-c3ccc(NC(=S)N4CC[NH+](CCn5c(C)ccc5C)CC4)cc3)sc2c1. The first-order valence-electron chi connectivity index (χ1n) is 12.0. The zero-order chi connectivity index (χ0) is 23.7. The van der Waals surface area contributed by atoms with Gasteiger partial charge < -0.3 is 19.7 Å². The van der Waals surface area contributed by atoms with Crippen molar-refractivity contribution in [3.05, 3.63) is 71.5 Å². The molecule has 0 unspecified atom stereocenters. The molecular weight excluding hydrogens is 458 g/mol. The van der Waals surface area contributed by atoms with Crippen LogP contribution in [0.5, 0.6) is 0 Å². The highest BCUT2D eigenvalue weighted by molar-refractivity contribution is 7.80. The van der Waals surface area contributed by atoms with Crippen LogP contribution in [0.3, 0.4) is 0 Å². The van der Waals surface area contributed by atoms with Crippen molar-refractivity contribution in [3.8, 4) is 10.6 Å². The predicted octanol–water partition coefficient (Wildman–Crippen LogP) is 4.29. The summed E-state index contributed by atoms with van der Waals surface area (Å²) in [5.41, 5.74) is 7.20. The van der Waals surface area contributed by atoms with Crippen LogP contribution in [0.4, 0.5) is 5.69 Å². The Morgan fingerprint density at radius 3 is 2.41 bits per heavy atom. The van der Waals surface area contributed by atoms with Crippen LogP contribution in [-0.2, 0) is 6.54 Å². The zero-order valence-electron chi connectivity index (χ0n) is 20.1. The molecule has 0 aliphatic carbocycles. The monoisotopic (exact) mass is 490 g/mol. The Hall–Kier alpha value is -2.74. The standard InChI is InChI=1S/C27H31N5S2/c1-19-4-11-24-25(18-19)34-26(29-24)22-7-9-23(10-8-22)28-27(33)31-15-12-30(13-16-31)14-17-32-20(2)5-6-21(32)3/h4-11,18H,12-17H2,1-3H3,(H,28,33)/p+1. The molecular formula is C27H32N5S2+. The summed E-state index contributed by atoms with van der Waals surface area (Å²) in [6, 6.07) is 19.3. The third kappa shape index (κ3) is 5.02. The highest BCUT2D eigenvalue weighted by atomic mass is 32.1. The highest BCUT2D eigenvalue weighted by Gasteiger charge is 2.22. The van der Waals surface area contributed by atoms with Crippen LogP contribution in [0.15, 0.2) is 54.6 Å². The van der Waals surface area contributed by atoms with E-state index in [0.717, 1.165) is 66.2 Å². The number of fused-ring (bicyclic) bond motifs is 1. The van der Waals surface area contributed by atoms with Crippen molar-refractivity contribution < 1.29 is 4.90 Å². The normalized spacial score (nSPS) is 14.6.